The molecule has 0 saturated heterocycles. The molecule has 0 N–H and O–H groups in total. The van der Waals surface area contributed by atoms with Crippen LogP contribution in [0.15, 0.2) is 22.1 Å². The molecule has 0 aliphatic heterocycles. The third-order valence-corrected chi connectivity index (χ3v) is 4.00. The molecular weight excluding hydrogens is 288 g/mol. The molecule has 0 atom stereocenters. The maximum atomic E-state index is 9.53. The summed E-state index contributed by atoms with van der Waals surface area (Å²) in [5.74, 6) is 0. The Balaban J connectivity index is -0.000000209. The molecule has 0 fully saturated rings. The molecule has 0 amide bonds. The Morgan fingerprint density at radius 1 is 0.850 bits per heavy atom. The van der Waals surface area contributed by atoms with Crippen LogP contribution >= 0.6 is 0 Å². The summed E-state index contributed by atoms with van der Waals surface area (Å²) in [5, 5.41) is 33.4. The van der Waals surface area contributed by atoms with Gasteiger partial charge in [-0.15, -0.1) is 18.3 Å². The van der Waals surface area contributed by atoms with Crippen LogP contribution < -0.4 is 15.3 Å². The summed E-state index contributed by atoms with van der Waals surface area (Å²) < 4.78 is 1.73. The monoisotopic (exact) mass is 320 g/mol. The summed E-state index contributed by atoms with van der Waals surface area (Å²) in [6.45, 7) is 9.67. The Kier molecular flexibility index (Phi) is 21.5. The Morgan fingerprint density at radius 3 is 1.25 bits per heavy atom. The van der Waals surface area contributed by atoms with Gasteiger partial charge < -0.3 is 15.3 Å². The normalized spacial score (nSPS) is 11.6. The zero-order chi connectivity index (χ0) is 16.7. The zero-order valence-electron chi connectivity index (χ0n) is 14.4. The molecule has 1 aliphatic rings. The van der Waals surface area contributed by atoms with Gasteiger partial charge >= 0.3 is 56.9 Å². The van der Waals surface area contributed by atoms with Crippen molar-refractivity contribution in [2.24, 2.45) is 0 Å². The molecule has 0 aromatic rings. The van der Waals surface area contributed by atoms with Crippen LogP contribution in [0.1, 0.15) is 48.0 Å². The van der Waals surface area contributed by atoms with Crippen molar-refractivity contribution >= 4 is 0 Å². The fourth-order valence-electron chi connectivity index (χ4n) is 0.818. The molecule has 118 valence electrons. The van der Waals surface area contributed by atoms with E-state index in [2.05, 4.69) is 28.7 Å². The summed E-state index contributed by atoms with van der Waals surface area (Å²) in [5.41, 5.74) is 0. The molecule has 0 spiro atoms. The van der Waals surface area contributed by atoms with Gasteiger partial charge in [-0.1, -0.05) is 41.5 Å². The van der Waals surface area contributed by atoms with Gasteiger partial charge in [-0.3, -0.25) is 0 Å². The Hall–Kier alpha value is 0.0743. The van der Waals surface area contributed by atoms with Gasteiger partial charge in [-0.2, -0.15) is 0 Å². The fourth-order valence-corrected chi connectivity index (χ4v) is 2.31. The third kappa shape index (κ3) is 43.0. The second-order valence-electron chi connectivity index (χ2n) is 5.47. The number of allylic oxidation sites excluding steroid dienone is 4. The summed E-state index contributed by atoms with van der Waals surface area (Å²) in [6.07, 6.45) is 6.71. The summed E-state index contributed by atoms with van der Waals surface area (Å²) >= 11 is -0.657. The van der Waals surface area contributed by atoms with E-state index in [-0.39, 0.29) is 0 Å². The van der Waals surface area contributed by atoms with Crippen molar-refractivity contribution < 1.29 is 33.2 Å². The van der Waals surface area contributed by atoms with E-state index < -0.39 is 36.2 Å². The second-order valence-corrected chi connectivity index (χ2v) is 9.60. The predicted octanol–water partition coefficient (Wildman–Crippen LogP) is 1.81. The molecule has 1 aliphatic carbocycles. The maximum absolute atomic E-state index is 9.53. The van der Waals surface area contributed by atoms with Gasteiger partial charge in [0, 0.05) is 0 Å². The van der Waals surface area contributed by atoms with Crippen LogP contribution in [0.25, 0.3) is 0 Å². The molecule has 0 radical (unpaired) electrons. The van der Waals surface area contributed by atoms with Crippen molar-refractivity contribution in [3.05, 3.63) is 22.1 Å². The van der Waals surface area contributed by atoms with Gasteiger partial charge in [0.1, 0.15) is 0 Å². The van der Waals surface area contributed by atoms with Gasteiger partial charge in [0.2, 0.25) is 0 Å². The Labute approximate surface area is 132 Å². The van der Waals surface area contributed by atoms with E-state index >= 15 is 0 Å². The van der Waals surface area contributed by atoms with Gasteiger partial charge in [-0.25, -0.2) is 0 Å². The molecule has 0 unspecified atom stereocenters. The van der Waals surface area contributed by atoms with E-state index in [0.717, 1.165) is 0 Å². The first-order valence-corrected chi connectivity index (χ1v) is 11.0. The van der Waals surface area contributed by atoms with E-state index in [0.29, 0.717) is 0 Å². The van der Waals surface area contributed by atoms with Crippen molar-refractivity contribution in [1.29, 1.82) is 0 Å². The van der Waals surface area contributed by atoms with Crippen LogP contribution in [-0.2, 0) is 17.9 Å². The SMILES string of the molecule is CC(C)[O-].CC(C)[O-].CC(C)[O-].[CH3][Ti+3]([CH3])[C]1=CC=CC1. The van der Waals surface area contributed by atoms with Gasteiger partial charge in [0.15, 0.2) is 0 Å². The quantitative estimate of drug-likeness (QED) is 0.692. The minimum absolute atomic E-state index is 0.417. The molecule has 0 aromatic carbocycles. The third-order valence-electron chi connectivity index (χ3n) is 1.41. The molecule has 0 saturated carbocycles. The molecule has 20 heavy (non-hydrogen) atoms. The summed E-state index contributed by atoms with van der Waals surface area (Å²) in [7, 11) is 0. The molecule has 4 heteroatoms. The van der Waals surface area contributed by atoms with Gasteiger partial charge in [0.05, 0.1) is 0 Å². The predicted molar refractivity (Wildman–Crippen MR) is 79.0 cm³/mol. The molecule has 0 aromatic heterocycles. The van der Waals surface area contributed by atoms with Crippen LogP contribution in [0.3, 0.4) is 0 Å². The fraction of sp³-hybridized carbons (Fsp3) is 0.750. The van der Waals surface area contributed by atoms with Crippen LogP contribution in [0.5, 0.6) is 0 Å². The van der Waals surface area contributed by atoms with Crippen molar-refractivity contribution in [2.75, 3.05) is 0 Å². The first-order chi connectivity index (χ1) is 9.00. The van der Waals surface area contributed by atoms with Crippen LogP contribution in [0.4, 0.5) is 0 Å². The molecular formula is C16H32O3Ti. The van der Waals surface area contributed by atoms with Gasteiger partial charge in [0.25, 0.3) is 0 Å². The minimum atomic E-state index is -0.657. The van der Waals surface area contributed by atoms with E-state index in [1.807, 2.05) is 0 Å². The number of hydrogen-bond acceptors (Lipinski definition) is 3. The van der Waals surface area contributed by atoms with Crippen LogP contribution in [0, 0.1) is 0 Å². The van der Waals surface area contributed by atoms with Gasteiger partial charge in [-0.05, 0) is 0 Å². The van der Waals surface area contributed by atoms with Crippen molar-refractivity contribution in [2.45, 2.75) is 76.7 Å². The second kappa shape index (κ2) is 17.1. The summed E-state index contributed by atoms with van der Waals surface area (Å²) in [6, 6.07) is 0. The summed E-state index contributed by atoms with van der Waals surface area (Å²) in [4.78, 5) is 0. The van der Waals surface area contributed by atoms with E-state index in [9.17, 15) is 15.3 Å². The molecule has 0 heterocycles. The van der Waals surface area contributed by atoms with E-state index in [1.165, 1.54) is 6.42 Å². The average Bonchev–Trinajstić information content (AvgIpc) is 2.66. The number of hydrogen-bond donors (Lipinski definition) is 0. The Bertz CT molecular complexity index is 222. The van der Waals surface area contributed by atoms with Crippen molar-refractivity contribution in [3.8, 4) is 0 Å². The first-order valence-electron chi connectivity index (χ1n) is 7.14. The molecule has 0 bridgehead atoms. The average molecular weight is 320 g/mol. The number of rotatable bonds is 1. The Morgan fingerprint density at radius 2 is 1.15 bits per heavy atom. The zero-order valence-corrected chi connectivity index (χ0v) is 16.0. The topological polar surface area (TPSA) is 69.2 Å². The van der Waals surface area contributed by atoms with Crippen molar-refractivity contribution in [3.63, 3.8) is 0 Å². The first kappa shape index (κ1) is 25.1. The molecule has 3 nitrogen and oxygen atoms in total. The standard InChI is InChI=1S/C5H5.3C3H7O.2CH3.Ti/c1-2-4-5-3-1;3*1-3(2)4;;;/h1-3H,4H2;3*3H,1-2H3;2*1H3;/q;3*-1;;;+3. The van der Waals surface area contributed by atoms with Crippen LogP contribution in [0.2, 0.25) is 10.5 Å². The van der Waals surface area contributed by atoms with Crippen LogP contribution in [-0.4, -0.2) is 18.3 Å². The van der Waals surface area contributed by atoms with E-state index in [1.54, 1.807) is 45.4 Å². The van der Waals surface area contributed by atoms with E-state index in [4.69, 9.17) is 0 Å². The molecule has 1 rings (SSSR count). The van der Waals surface area contributed by atoms with Crippen molar-refractivity contribution in [1.82, 2.24) is 0 Å².